The molecule has 0 bridgehead atoms. The van der Waals surface area contributed by atoms with Gasteiger partial charge < -0.3 is 18.9 Å². The highest BCUT2D eigenvalue weighted by molar-refractivity contribution is 5.92. The van der Waals surface area contributed by atoms with Crippen molar-refractivity contribution in [1.82, 2.24) is 0 Å². The Kier molecular flexibility index (Phi) is 3.41. The van der Waals surface area contributed by atoms with Gasteiger partial charge in [-0.2, -0.15) is 0 Å². The molecule has 3 aliphatic heterocycles. The van der Waals surface area contributed by atoms with E-state index in [-0.39, 0.29) is 46.3 Å². The van der Waals surface area contributed by atoms with E-state index in [4.69, 9.17) is 18.9 Å². The van der Waals surface area contributed by atoms with Crippen molar-refractivity contribution >= 4 is 5.97 Å². The first-order valence-electron chi connectivity index (χ1n) is 12.8. The highest BCUT2D eigenvalue weighted by Crippen LogP contribution is 2.90. The number of carbonyl (C=O) groups excluding carboxylic acids is 1. The van der Waals surface area contributed by atoms with E-state index in [1.807, 2.05) is 6.07 Å². The lowest BCUT2D eigenvalue weighted by molar-refractivity contribution is -0.141. The number of cyclic esters (lactones) is 1. The van der Waals surface area contributed by atoms with Crippen LogP contribution in [0.1, 0.15) is 52.0 Å². The molecule has 2 spiro atoms. The van der Waals surface area contributed by atoms with Crippen LogP contribution in [0.3, 0.4) is 0 Å². The lowest BCUT2D eigenvalue weighted by Gasteiger charge is -2.56. The van der Waals surface area contributed by atoms with Crippen molar-refractivity contribution in [3.8, 4) is 0 Å². The molecule has 0 radical (unpaired) electrons. The molecule has 2 saturated heterocycles. The molecule has 9 atom stereocenters. The van der Waals surface area contributed by atoms with Crippen LogP contribution in [0.25, 0.3) is 0 Å². The minimum Gasteiger partial charge on any atom is -0.458 e. The monoisotopic (exact) mass is 448 g/mol. The second-order valence-electron chi connectivity index (χ2n) is 12.2. The molecule has 0 amide bonds. The van der Waals surface area contributed by atoms with Crippen LogP contribution >= 0.6 is 0 Å². The van der Waals surface area contributed by atoms with Crippen molar-refractivity contribution in [3.63, 3.8) is 0 Å². The van der Waals surface area contributed by atoms with E-state index in [0.717, 1.165) is 31.3 Å². The number of rotatable bonds is 4. The summed E-state index contributed by atoms with van der Waals surface area (Å²) >= 11 is 0. The zero-order chi connectivity index (χ0) is 22.4. The summed E-state index contributed by atoms with van der Waals surface area (Å²) < 4.78 is 25.9. The summed E-state index contributed by atoms with van der Waals surface area (Å²) in [5.74, 6) is 1.21. The summed E-state index contributed by atoms with van der Waals surface area (Å²) in [6, 6.07) is 10.5. The molecule has 174 valence electrons. The van der Waals surface area contributed by atoms with E-state index in [1.54, 1.807) is 0 Å². The molecule has 0 unspecified atom stereocenters. The fourth-order valence-corrected chi connectivity index (χ4v) is 9.51. The number of epoxide rings is 2. The largest absolute Gasteiger partial charge is 0.458 e. The average molecular weight is 449 g/mol. The van der Waals surface area contributed by atoms with Gasteiger partial charge in [-0.3, -0.25) is 0 Å². The Hall–Kier alpha value is -1.69. The van der Waals surface area contributed by atoms with Crippen LogP contribution in [-0.4, -0.2) is 42.1 Å². The van der Waals surface area contributed by atoms with Gasteiger partial charge in [0.15, 0.2) is 0 Å². The highest BCUT2D eigenvalue weighted by atomic mass is 16.7. The first kappa shape index (κ1) is 19.6. The number of hydrogen-bond acceptors (Lipinski definition) is 5. The number of benzene rings is 1. The molecule has 0 N–H and O–H groups in total. The molecule has 1 aromatic rings. The van der Waals surface area contributed by atoms with Gasteiger partial charge in [0.25, 0.3) is 0 Å². The van der Waals surface area contributed by atoms with Gasteiger partial charge in [-0.1, -0.05) is 51.1 Å². The first-order chi connectivity index (χ1) is 15.9. The maximum atomic E-state index is 12.3. The number of carbonyl (C=O) groups is 1. The van der Waals surface area contributed by atoms with Gasteiger partial charge in [-0.25, -0.2) is 4.79 Å². The second kappa shape index (κ2) is 5.75. The first-order valence-corrected chi connectivity index (χ1v) is 12.8. The molecule has 3 saturated carbocycles. The quantitative estimate of drug-likeness (QED) is 0.510. The van der Waals surface area contributed by atoms with Crippen molar-refractivity contribution in [2.24, 2.45) is 28.6 Å². The molecule has 8 rings (SSSR count). The average Bonchev–Trinajstić information content (AvgIpc) is 3.71. The molecular formula is C28H32O5. The topological polar surface area (TPSA) is 60.6 Å². The van der Waals surface area contributed by atoms with Crippen LogP contribution in [0.2, 0.25) is 0 Å². The Labute approximate surface area is 194 Å². The molecule has 0 aromatic heterocycles. The Morgan fingerprint density at radius 2 is 2.00 bits per heavy atom. The summed E-state index contributed by atoms with van der Waals surface area (Å²) in [4.78, 5) is 12.3. The van der Waals surface area contributed by atoms with E-state index in [0.29, 0.717) is 31.0 Å². The van der Waals surface area contributed by atoms with E-state index in [2.05, 4.69) is 45.0 Å². The Morgan fingerprint density at radius 3 is 2.79 bits per heavy atom. The van der Waals surface area contributed by atoms with E-state index < -0.39 is 0 Å². The highest BCUT2D eigenvalue weighted by Gasteiger charge is 2.98. The Bertz CT molecular complexity index is 1110. The van der Waals surface area contributed by atoms with Crippen LogP contribution in [0.5, 0.6) is 0 Å². The van der Waals surface area contributed by atoms with Crippen molar-refractivity contribution in [3.05, 3.63) is 47.0 Å². The summed E-state index contributed by atoms with van der Waals surface area (Å²) in [7, 11) is 0. The molecule has 5 nitrogen and oxygen atoms in total. The van der Waals surface area contributed by atoms with Crippen LogP contribution in [0.15, 0.2) is 41.5 Å². The second-order valence-corrected chi connectivity index (χ2v) is 12.2. The fourth-order valence-electron chi connectivity index (χ4n) is 9.51. The molecule has 7 aliphatic rings. The zero-order valence-electron chi connectivity index (χ0n) is 19.6. The number of esters is 1. The normalized spacial score (nSPS) is 52.1. The van der Waals surface area contributed by atoms with Gasteiger partial charge in [0.1, 0.15) is 23.9 Å². The SMILES string of the molecule is CC(C)[C@]12O[C@H]1[C@@H]1C[C@]13[C@]1(O[C@H]1C[C@H]1C4=C(CC[C@@]13C)C(=O)OC4)[C@@H]2OCc1ccccc1. The molecule has 33 heavy (non-hydrogen) atoms. The lowest BCUT2D eigenvalue weighted by Crippen LogP contribution is -2.65. The summed E-state index contributed by atoms with van der Waals surface area (Å²) in [6.45, 7) is 8.14. The van der Waals surface area contributed by atoms with Crippen LogP contribution in [0.4, 0.5) is 0 Å². The molecule has 5 fully saturated rings. The van der Waals surface area contributed by atoms with E-state index >= 15 is 0 Å². The maximum absolute atomic E-state index is 12.3. The van der Waals surface area contributed by atoms with E-state index in [1.165, 1.54) is 11.1 Å². The van der Waals surface area contributed by atoms with Gasteiger partial charge in [-0.15, -0.1) is 0 Å². The standard InChI is InChI=1S/C28H32O5/c1-15(2)27-22(33-27)20-12-26(20)25(3)10-9-17-18(14-30-23(17)29)19(25)11-21-28(26,32-21)24(27)31-13-16-7-5-4-6-8-16/h4-8,15,19-22,24H,9-14H2,1-3H3/t19-,20-,21-,22-,24+,25-,26-,27-,28+/m0/s1. The minimum atomic E-state index is -0.253. The molecular weight excluding hydrogens is 416 g/mol. The molecule has 4 aliphatic carbocycles. The predicted molar refractivity (Wildman–Crippen MR) is 119 cm³/mol. The summed E-state index contributed by atoms with van der Waals surface area (Å²) in [5.41, 5.74) is 3.13. The third-order valence-corrected chi connectivity index (χ3v) is 11.1. The number of fused-ring (bicyclic) bond motifs is 4. The molecule has 3 heterocycles. The minimum absolute atomic E-state index is 0.0476. The van der Waals surface area contributed by atoms with Crippen LogP contribution in [0, 0.1) is 28.6 Å². The number of ether oxygens (including phenoxy) is 4. The van der Waals surface area contributed by atoms with Crippen molar-refractivity contribution < 1.29 is 23.7 Å². The van der Waals surface area contributed by atoms with Crippen molar-refractivity contribution in [2.75, 3.05) is 6.61 Å². The Balaban J connectivity index is 1.22. The van der Waals surface area contributed by atoms with Gasteiger partial charge in [0, 0.05) is 11.0 Å². The van der Waals surface area contributed by atoms with Crippen molar-refractivity contribution in [2.45, 2.75) is 82.6 Å². The van der Waals surface area contributed by atoms with Crippen LogP contribution < -0.4 is 0 Å². The van der Waals surface area contributed by atoms with E-state index in [9.17, 15) is 4.79 Å². The maximum Gasteiger partial charge on any atom is 0.334 e. The van der Waals surface area contributed by atoms with Gasteiger partial charge in [0.05, 0.1) is 18.8 Å². The predicted octanol–water partition coefficient (Wildman–Crippen LogP) is 4.20. The third-order valence-electron chi connectivity index (χ3n) is 11.1. The third kappa shape index (κ3) is 1.96. The smallest absolute Gasteiger partial charge is 0.334 e. The number of hydrogen-bond donors (Lipinski definition) is 0. The zero-order valence-corrected chi connectivity index (χ0v) is 19.6. The lowest BCUT2D eigenvalue weighted by atomic mass is 9.45. The summed E-state index contributed by atoms with van der Waals surface area (Å²) in [6.07, 6.45) is 4.42. The van der Waals surface area contributed by atoms with Gasteiger partial charge in [0.2, 0.25) is 0 Å². The van der Waals surface area contributed by atoms with Gasteiger partial charge >= 0.3 is 5.97 Å². The van der Waals surface area contributed by atoms with Gasteiger partial charge in [-0.05, 0) is 60.0 Å². The molecule has 1 aromatic carbocycles. The van der Waals surface area contributed by atoms with Crippen molar-refractivity contribution in [1.29, 1.82) is 0 Å². The molecule has 5 heteroatoms. The fraction of sp³-hybridized carbons (Fsp3) is 0.679. The Morgan fingerprint density at radius 1 is 1.18 bits per heavy atom. The summed E-state index contributed by atoms with van der Waals surface area (Å²) in [5, 5.41) is 0. The van der Waals surface area contributed by atoms with Crippen LogP contribution in [-0.2, 0) is 30.3 Å².